The van der Waals surface area contributed by atoms with E-state index in [4.69, 9.17) is 0 Å². The molecule has 0 aliphatic rings. The van der Waals surface area contributed by atoms with Crippen molar-refractivity contribution in [3.8, 4) is 0 Å². The van der Waals surface area contributed by atoms with E-state index in [-0.39, 0.29) is 18.1 Å². The Kier molecular flexibility index (Phi) is 4.37. The van der Waals surface area contributed by atoms with Gasteiger partial charge in [-0.2, -0.15) is 0 Å². The van der Waals surface area contributed by atoms with Gasteiger partial charge in [-0.25, -0.2) is 4.98 Å². The van der Waals surface area contributed by atoms with Gasteiger partial charge in [-0.05, 0) is 19.9 Å². The van der Waals surface area contributed by atoms with E-state index in [0.29, 0.717) is 17.7 Å². The highest BCUT2D eigenvalue weighted by atomic mass is 32.1. The number of aryl methyl sites for hydroxylation is 1. The Balaban J connectivity index is 2.30. The van der Waals surface area contributed by atoms with Crippen molar-refractivity contribution in [3.63, 3.8) is 0 Å². The maximum atomic E-state index is 11.8. The van der Waals surface area contributed by atoms with Crippen LogP contribution in [-0.2, 0) is 4.79 Å². The van der Waals surface area contributed by atoms with Gasteiger partial charge in [0, 0.05) is 19.7 Å². The summed E-state index contributed by atoms with van der Waals surface area (Å²) in [5.74, 6) is -0.124. The number of hydrogen-bond acceptors (Lipinski definition) is 6. The van der Waals surface area contributed by atoms with Crippen LogP contribution in [0.2, 0.25) is 0 Å². The molecule has 1 N–H and O–H groups in total. The molecule has 0 spiro atoms. The lowest BCUT2D eigenvalue weighted by Crippen LogP contribution is -2.31. The molecule has 0 bridgehead atoms. The Morgan fingerprint density at radius 3 is 2.86 bits per heavy atom. The normalized spacial score (nSPS) is 10.6. The van der Waals surface area contributed by atoms with Gasteiger partial charge < -0.3 is 10.2 Å². The van der Waals surface area contributed by atoms with E-state index in [2.05, 4.69) is 10.3 Å². The van der Waals surface area contributed by atoms with Crippen LogP contribution in [-0.4, -0.2) is 40.9 Å². The molecule has 0 fully saturated rings. The molecule has 0 radical (unpaired) electrons. The van der Waals surface area contributed by atoms with Gasteiger partial charge in [0.2, 0.25) is 5.91 Å². The van der Waals surface area contributed by atoms with Crippen molar-refractivity contribution in [3.05, 3.63) is 27.3 Å². The molecule has 1 amide bonds. The van der Waals surface area contributed by atoms with Crippen molar-refractivity contribution in [2.45, 2.75) is 13.8 Å². The van der Waals surface area contributed by atoms with Gasteiger partial charge in [0.15, 0.2) is 0 Å². The number of rotatable bonds is 5. The third-order valence-corrected chi connectivity index (χ3v) is 4.07. The zero-order chi connectivity index (χ0) is 15.6. The number of amides is 1. The first-order valence-corrected chi connectivity index (χ1v) is 7.27. The van der Waals surface area contributed by atoms with Crippen molar-refractivity contribution in [2.75, 3.05) is 25.5 Å². The first-order chi connectivity index (χ1) is 9.92. The summed E-state index contributed by atoms with van der Waals surface area (Å²) in [5.41, 5.74) is 0.968. The molecule has 0 saturated heterocycles. The number of benzene rings is 1. The number of carbonyl (C=O) groups excluding carboxylic acids is 1. The third kappa shape index (κ3) is 3.27. The van der Waals surface area contributed by atoms with Crippen molar-refractivity contribution >= 4 is 38.8 Å². The Morgan fingerprint density at radius 1 is 1.52 bits per heavy atom. The highest BCUT2D eigenvalue weighted by molar-refractivity contribution is 7.18. The van der Waals surface area contributed by atoms with Crippen LogP contribution in [0.5, 0.6) is 0 Å². The Bertz CT molecular complexity index is 698. The zero-order valence-electron chi connectivity index (χ0n) is 12.0. The Labute approximate surface area is 125 Å². The third-order valence-electron chi connectivity index (χ3n) is 3.14. The standard InChI is InChI=1S/C13H16N4O3S/c1-4-16(3)13(18)7-14-9-5-10-12(21-8(2)15-10)6-11(9)17(19)20/h5-6,14H,4,7H2,1-3H3. The molecule has 0 aliphatic carbocycles. The van der Waals surface area contributed by atoms with E-state index < -0.39 is 4.92 Å². The molecule has 8 heteroatoms. The highest BCUT2D eigenvalue weighted by Crippen LogP contribution is 2.32. The average Bonchev–Trinajstić information content (AvgIpc) is 2.81. The van der Waals surface area contributed by atoms with E-state index >= 15 is 0 Å². The second-order valence-electron chi connectivity index (χ2n) is 4.59. The fraction of sp³-hybridized carbons (Fsp3) is 0.385. The van der Waals surface area contributed by atoms with Gasteiger partial charge in [-0.15, -0.1) is 11.3 Å². The fourth-order valence-electron chi connectivity index (χ4n) is 1.85. The number of nitrogens with zero attached hydrogens (tertiary/aromatic N) is 3. The number of carbonyl (C=O) groups is 1. The summed E-state index contributed by atoms with van der Waals surface area (Å²) in [4.78, 5) is 28.3. The largest absolute Gasteiger partial charge is 0.370 e. The highest BCUT2D eigenvalue weighted by Gasteiger charge is 2.18. The topological polar surface area (TPSA) is 88.4 Å². The molecule has 2 aromatic rings. The van der Waals surface area contributed by atoms with E-state index in [1.54, 1.807) is 18.0 Å². The number of thiazole rings is 1. The predicted molar refractivity (Wildman–Crippen MR) is 82.8 cm³/mol. The Hall–Kier alpha value is -2.22. The SMILES string of the molecule is CCN(C)C(=O)CNc1cc2nc(C)sc2cc1[N+](=O)[O-]. The van der Waals surface area contributed by atoms with Crippen LogP contribution in [0.15, 0.2) is 12.1 Å². The molecular formula is C13H16N4O3S. The quantitative estimate of drug-likeness (QED) is 0.677. The molecule has 21 heavy (non-hydrogen) atoms. The fourth-order valence-corrected chi connectivity index (χ4v) is 2.70. The van der Waals surface area contributed by atoms with Gasteiger partial charge in [0.25, 0.3) is 5.69 Å². The van der Waals surface area contributed by atoms with Gasteiger partial charge >= 0.3 is 0 Å². The van der Waals surface area contributed by atoms with Crippen molar-refractivity contribution in [2.24, 2.45) is 0 Å². The van der Waals surface area contributed by atoms with E-state index in [9.17, 15) is 14.9 Å². The molecule has 1 aromatic carbocycles. The molecule has 0 unspecified atom stereocenters. The number of fused-ring (bicyclic) bond motifs is 1. The number of likely N-dealkylation sites (N-methyl/N-ethyl adjacent to an activating group) is 1. The van der Waals surface area contributed by atoms with Crippen molar-refractivity contribution < 1.29 is 9.72 Å². The molecule has 0 aliphatic heterocycles. The van der Waals surface area contributed by atoms with Crippen LogP contribution in [0.25, 0.3) is 10.2 Å². The molecular weight excluding hydrogens is 292 g/mol. The summed E-state index contributed by atoms with van der Waals surface area (Å²) < 4.78 is 0.766. The van der Waals surface area contributed by atoms with Gasteiger partial charge in [0.1, 0.15) is 5.69 Å². The average molecular weight is 308 g/mol. The molecule has 1 aromatic heterocycles. The molecule has 0 atom stereocenters. The van der Waals surface area contributed by atoms with Crippen molar-refractivity contribution in [1.29, 1.82) is 0 Å². The van der Waals surface area contributed by atoms with Crippen LogP contribution in [0.3, 0.4) is 0 Å². The number of aromatic nitrogens is 1. The second kappa shape index (κ2) is 6.04. The smallest absolute Gasteiger partial charge is 0.293 e. The number of hydrogen-bond donors (Lipinski definition) is 1. The Morgan fingerprint density at radius 2 is 2.24 bits per heavy atom. The van der Waals surface area contributed by atoms with Gasteiger partial charge in [-0.1, -0.05) is 0 Å². The maximum Gasteiger partial charge on any atom is 0.293 e. The molecule has 1 heterocycles. The number of nitro groups is 1. The molecule has 2 rings (SSSR count). The molecule has 7 nitrogen and oxygen atoms in total. The summed E-state index contributed by atoms with van der Waals surface area (Å²) in [6.07, 6.45) is 0. The lowest BCUT2D eigenvalue weighted by molar-refractivity contribution is -0.383. The molecule has 112 valence electrons. The lowest BCUT2D eigenvalue weighted by atomic mass is 10.2. The van der Waals surface area contributed by atoms with Gasteiger partial charge in [-0.3, -0.25) is 14.9 Å². The van der Waals surface area contributed by atoms with E-state index in [0.717, 1.165) is 9.71 Å². The minimum Gasteiger partial charge on any atom is -0.370 e. The summed E-state index contributed by atoms with van der Waals surface area (Å²) in [7, 11) is 1.69. The number of anilines is 1. The van der Waals surface area contributed by atoms with Gasteiger partial charge in [0.05, 0.1) is 26.7 Å². The summed E-state index contributed by atoms with van der Waals surface area (Å²) in [6, 6.07) is 3.12. The summed E-state index contributed by atoms with van der Waals surface area (Å²) in [6.45, 7) is 4.32. The van der Waals surface area contributed by atoms with Crippen molar-refractivity contribution in [1.82, 2.24) is 9.88 Å². The minimum absolute atomic E-state index is 0.0137. The monoisotopic (exact) mass is 308 g/mol. The first-order valence-electron chi connectivity index (χ1n) is 6.45. The first kappa shape index (κ1) is 15.2. The van der Waals surface area contributed by atoms with Crippen LogP contribution in [0.4, 0.5) is 11.4 Å². The summed E-state index contributed by atoms with van der Waals surface area (Å²) >= 11 is 1.41. The van der Waals surface area contributed by atoms with Crippen LogP contribution >= 0.6 is 11.3 Å². The number of nitrogens with one attached hydrogen (secondary N) is 1. The van der Waals surface area contributed by atoms with E-state index in [1.165, 1.54) is 17.4 Å². The van der Waals surface area contributed by atoms with E-state index in [1.807, 2.05) is 13.8 Å². The van der Waals surface area contributed by atoms with Crippen LogP contribution in [0.1, 0.15) is 11.9 Å². The van der Waals surface area contributed by atoms with Crippen LogP contribution in [0, 0.1) is 17.0 Å². The maximum absolute atomic E-state index is 11.8. The second-order valence-corrected chi connectivity index (χ2v) is 5.82. The number of nitro benzene ring substituents is 1. The lowest BCUT2D eigenvalue weighted by Gasteiger charge is -2.15. The summed E-state index contributed by atoms with van der Waals surface area (Å²) in [5, 5.41) is 14.8. The molecule has 0 saturated carbocycles. The van der Waals surface area contributed by atoms with Crippen LogP contribution < -0.4 is 5.32 Å². The minimum atomic E-state index is -0.454. The predicted octanol–water partition coefficient (Wildman–Crippen LogP) is 2.40. The zero-order valence-corrected chi connectivity index (χ0v) is 12.9.